The number of aromatic carboxylic acids is 1. The second-order valence-electron chi connectivity index (χ2n) is 4.46. The number of carbonyl (C=O) groups is 2. The first-order chi connectivity index (χ1) is 9.15. The maximum atomic E-state index is 11.7. The van der Waals surface area contributed by atoms with E-state index in [-0.39, 0.29) is 17.7 Å². The second kappa shape index (κ2) is 6.29. The first kappa shape index (κ1) is 13.5. The number of carboxylic acid groups (broad SMARTS) is 1. The molecule has 0 saturated carbocycles. The molecule has 2 rings (SSSR count). The number of nitrogens with one attached hydrogen (secondary N) is 1. The second-order valence-corrected chi connectivity index (χ2v) is 4.46. The number of anilines is 1. The van der Waals surface area contributed by atoms with Crippen LogP contribution >= 0.6 is 0 Å². The summed E-state index contributed by atoms with van der Waals surface area (Å²) < 4.78 is 5.44. The van der Waals surface area contributed by atoms with Crippen molar-refractivity contribution in [1.29, 1.82) is 0 Å². The molecule has 1 amide bonds. The molecule has 19 heavy (non-hydrogen) atoms. The van der Waals surface area contributed by atoms with Crippen molar-refractivity contribution in [3.8, 4) is 0 Å². The van der Waals surface area contributed by atoms with Crippen molar-refractivity contribution in [1.82, 2.24) is 4.98 Å². The lowest BCUT2D eigenvalue weighted by Gasteiger charge is -2.09. The summed E-state index contributed by atoms with van der Waals surface area (Å²) in [6.07, 6.45) is 4.72. The molecular formula is C13H16N2O4. The molecule has 6 nitrogen and oxygen atoms in total. The highest BCUT2D eigenvalue weighted by Gasteiger charge is 2.16. The number of rotatable bonds is 5. The SMILES string of the molecule is O=C(CCC1CCCO1)Nc1ccc(C(=O)O)nc1. The molecule has 1 aliphatic rings. The molecule has 0 spiro atoms. The molecule has 1 aromatic rings. The summed E-state index contributed by atoms with van der Waals surface area (Å²) in [7, 11) is 0. The Morgan fingerprint density at radius 3 is 2.89 bits per heavy atom. The lowest BCUT2D eigenvalue weighted by atomic mass is 10.1. The standard InChI is InChI=1S/C13H16N2O4/c16-12(6-4-10-2-1-7-19-10)15-9-3-5-11(13(17)18)14-8-9/h3,5,8,10H,1-2,4,6-7H2,(H,15,16)(H,17,18). The molecule has 102 valence electrons. The predicted molar refractivity (Wildman–Crippen MR) is 68.0 cm³/mol. The third-order valence-corrected chi connectivity index (χ3v) is 2.98. The Labute approximate surface area is 110 Å². The number of pyridine rings is 1. The van der Waals surface area contributed by atoms with Gasteiger partial charge in [0, 0.05) is 13.0 Å². The van der Waals surface area contributed by atoms with Crippen LogP contribution in [0.2, 0.25) is 0 Å². The van der Waals surface area contributed by atoms with Gasteiger partial charge in [-0.1, -0.05) is 0 Å². The highest BCUT2D eigenvalue weighted by Crippen LogP contribution is 2.17. The van der Waals surface area contributed by atoms with Crippen LogP contribution in [0.1, 0.15) is 36.2 Å². The van der Waals surface area contributed by atoms with Gasteiger partial charge in [0.1, 0.15) is 5.69 Å². The van der Waals surface area contributed by atoms with Crippen LogP contribution < -0.4 is 5.32 Å². The number of amides is 1. The van der Waals surface area contributed by atoms with E-state index in [4.69, 9.17) is 9.84 Å². The molecular weight excluding hydrogens is 248 g/mol. The van der Waals surface area contributed by atoms with Crippen LogP contribution in [-0.2, 0) is 9.53 Å². The summed E-state index contributed by atoms with van der Waals surface area (Å²) in [5, 5.41) is 11.4. The Bertz CT molecular complexity index is 452. The molecule has 0 radical (unpaired) electrons. The van der Waals surface area contributed by atoms with Gasteiger partial charge < -0.3 is 15.2 Å². The summed E-state index contributed by atoms with van der Waals surface area (Å²) in [5.74, 6) is -1.20. The molecule has 1 atom stereocenters. The highest BCUT2D eigenvalue weighted by atomic mass is 16.5. The monoisotopic (exact) mass is 264 g/mol. The first-order valence-corrected chi connectivity index (χ1v) is 6.26. The van der Waals surface area contributed by atoms with Crippen LogP contribution in [0.3, 0.4) is 0 Å². The molecule has 0 aromatic carbocycles. The van der Waals surface area contributed by atoms with Crippen molar-refractivity contribution in [2.45, 2.75) is 31.8 Å². The summed E-state index contributed by atoms with van der Waals surface area (Å²) in [5.41, 5.74) is 0.458. The largest absolute Gasteiger partial charge is 0.477 e. The number of nitrogens with zero attached hydrogens (tertiary/aromatic N) is 1. The van der Waals surface area contributed by atoms with Gasteiger partial charge in [0.05, 0.1) is 18.0 Å². The third-order valence-electron chi connectivity index (χ3n) is 2.98. The quantitative estimate of drug-likeness (QED) is 0.844. The smallest absolute Gasteiger partial charge is 0.354 e. The van der Waals surface area contributed by atoms with E-state index in [9.17, 15) is 9.59 Å². The van der Waals surface area contributed by atoms with E-state index in [1.807, 2.05) is 0 Å². The van der Waals surface area contributed by atoms with E-state index in [0.717, 1.165) is 19.4 Å². The highest BCUT2D eigenvalue weighted by molar-refractivity contribution is 5.91. The van der Waals surface area contributed by atoms with Crippen molar-refractivity contribution < 1.29 is 19.4 Å². The van der Waals surface area contributed by atoms with Gasteiger partial charge in [-0.25, -0.2) is 9.78 Å². The van der Waals surface area contributed by atoms with Crippen LogP contribution in [0, 0.1) is 0 Å². The molecule has 2 heterocycles. The van der Waals surface area contributed by atoms with E-state index in [1.54, 1.807) is 0 Å². The van der Waals surface area contributed by atoms with Gasteiger partial charge in [0.25, 0.3) is 0 Å². The summed E-state index contributed by atoms with van der Waals surface area (Å²) in [4.78, 5) is 26.0. The van der Waals surface area contributed by atoms with Crippen molar-refractivity contribution in [2.75, 3.05) is 11.9 Å². The lowest BCUT2D eigenvalue weighted by Crippen LogP contribution is -2.15. The normalized spacial score (nSPS) is 18.2. The number of aromatic nitrogens is 1. The van der Waals surface area contributed by atoms with Crippen LogP contribution in [0.4, 0.5) is 5.69 Å². The van der Waals surface area contributed by atoms with Crippen molar-refractivity contribution >= 4 is 17.6 Å². The summed E-state index contributed by atoms with van der Waals surface area (Å²) in [6.45, 7) is 0.785. The molecule has 1 saturated heterocycles. The van der Waals surface area contributed by atoms with E-state index >= 15 is 0 Å². The van der Waals surface area contributed by atoms with Gasteiger partial charge in [-0.15, -0.1) is 0 Å². The average molecular weight is 264 g/mol. The molecule has 6 heteroatoms. The number of ether oxygens (including phenoxy) is 1. The van der Waals surface area contributed by atoms with Crippen molar-refractivity contribution in [3.05, 3.63) is 24.0 Å². The van der Waals surface area contributed by atoms with Crippen LogP contribution in [-0.4, -0.2) is 34.7 Å². The Balaban J connectivity index is 1.79. The van der Waals surface area contributed by atoms with E-state index in [2.05, 4.69) is 10.3 Å². The molecule has 1 unspecified atom stereocenters. The fourth-order valence-corrected chi connectivity index (χ4v) is 1.98. The van der Waals surface area contributed by atoms with Gasteiger partial charge >= 0.3 is 5.97 Å². The fourth-order valence-electron chi connectivity index (χ4n) is 1.98. The fraction of sp³-hybridized carbons (Fsp3) is 0.462. The zero-order valence-corrected chi connectivity index (χ0v) is 10.5. The Hall–Kier alpha value is -1.95. The topological polar surface area (TPSA) is 88.5 Å². The van der Waals surface area contributed by atoms with Crippen LogP contribution in [0.25, 0.3) is 0 Å². The zero-order valence-electron chi connectivity index (χ0n) is 10.5. The van der Waals surface area contributed by atoms with E-state index < -0.39 is 5.97 Å². The Morgan fingerprint density at radius 2 is 2.32 bits per heavy atom. The molecule has 2 N–H and O–H groups in total. The van der Waals surface area contributed by atoms with Gasteiger partial charge in [0.15, 0.2) is 0 Å². The van der Waals surface area contributed by atoms with Crippen LogP contribution in [0.5, 0.6) is 0 Å². The van der Waals surface area contributed by atoms with Gasteiger partial charge in [-0.05, 0) is 31.4 Å². The zero-order chi connectivity index (χ0) is 13.7. The Kier molecular flexibility index (Phi) is 4.46. The number of carbonyl (C=O) groups excluding carboxylic acids is 1. The minimum atomic E-state index is -1.09. The van der Waals surface area contributed by atoms with Crippen molar-refractivity contribution in [3.63, 3.8) is 0 Å². The molecule has 1 aromatic heterocycles. The maximum absolute atomic E-state index is 11.7. The average Bonchev–Trinajstić information content (AvgIpc) is 2.90. The van der Waals surface area contributed by atoms with E-state index in [1.165, 1.54) is 18.3 Å². The molecule has 0 bridgehead atoms. The minimum Gasteiger partial charge on any atom is -0.477 e. The van der Waals surface area contributed by atoms with E-state index in [0.29, 0.717) is 18.5 Å². The maximum Gasteiger partial charge on any atom is 0.354 e. The Morgan fingerprint density at radius 1 is 1.47 bits per heavy atom. The van der Waals surface area contributed by atoms with Gasteiger partial charge in [-0.3, -0.25) is 4.79 Å². The third kappa shape index (κ3) is 4.03. The lowest BCUT2D eigenvalue weighted by molar-refractivity contribution is -0.116. The number of hydrogen-bond donors (Lipinski definition) is 2. The van der Waals surface area contributed by atoms with Crippen LogP contribution in [0.15, 0.2) is 18.3 Å². The molecule has 1 aliphatic heterocycles. The predicted octanol–water partition coefficient (Wildman–Crippen LogP) is 1.68. The van der Waals surface area contributed by atoms with Crippen molar-refractivity contribution in [2.24, 2.45) is 0 Å². The molecule has 1 fully saturated rings. The number of hydrogen-bond acceptors (Lipinski definition) is 4. The van der Waals surface area contributed by atoms with Gasteiger partial charge in [-0.2, -0.15) is 0 Å². The summed E-state index contributed by atoms with van der Waals surface area (Å²) in [6, 6.07) is 2.89. The van der Waals surface area contributed by atoms with Gasteiger partial charge in [0.2, 0.25) is 5.91 Å². The molecule has 0 aliphatic carbocycles. The number of carboxylic acids is 1. The minimum absolute atomic E-state index is 0.0441. The first-order valence-electron chi connectivity index (χ1n) is 6.26. The summed E-state index contributed by atoms with van der Waals surface area (Å²) >= 11 is 0.